The minimum atomic E-state index is -0.583. The lowest BCUT2D eigenvalue weighted by Gasteiger charge is -2.32. The molecule has 0 aromatic heterocycles. The predicted molar refractivity (Wildman–Crippen MR) is 77.5 cm³/mol. The summed E-state index contributed by atoms with van der Waals surface area (Å²) in [5.41, 5.74) is 6.11. The van der Waals surface area contributed by atoms with Gasteiger partial charge in [-0.1, -0.05) is 18.6 Å². The predicted octanol–water partition coefficient (Wildman–Crippen LogP) is 2.69. The van der Waals surface area contributed by atoms with Crippen LogP contribution in [0.1, 0.15) is 45.1 Å². The maximum Gasteiger partial charge on any atom is 0.223 e. The highest BCUT2D eigenvalue weighted by Gasteiger charge is 2.30. The van der Waals surface area contributed by atoms with Crippen LogP contribution in [0.5, 0.6) is 0 Å². The number of rotatable bonds is 3. The van der Waals surface area contributed by atoms with E-state index in [1.165, 1.54) is 12.1 Å². The van der Waals surface area contributed by atoms with Gasteiger partial charge in [-0.25, -0.2) is 4.39 Å². The average Bonchev–Trinajstić information content (AvgIpc) is 2.38. The second-order valence-electron chi connectivity index (χ2n) is 6.25. The number of amides is 1. The van der Waals surface area contributed by atoms with Crippen LogP contribution in [0.2, 0.25) is 0 Å². The molecule has 1 aromatic rings. The van der Waals surface area contributed by atoms with Crippen LogP contribution in [-0.2, 0) is 10.3 Å². The van der Waals surface area contributed by atoms with Crippen molar-refractivity contribution in [1.82, 2.24) is 5.32 Å². The van der Waals surface area contributed by atoms with Crippen LogP contribution in [0.3, 0.4) is 0 Å². The highest BCUT2D eigenvalue weighted by Crippen LogP contribution is 2.26. The van der Waals surface area contributed by atoms with Crippen molar-refractivity contribution >= 4 is 5.91 Å². The Bertz CT molecular complexity index is 487. The first-order chi connectivity index (χ1) is 9.38. The molecule has 1 fully saturated rings. The quantitative estimate of drug-likeness (QED) is 0.893. The zero-order valence-electron chi connectivity index (χ0n) is 12.2. The van der Waals surface area contributed by atoms with Crippen LogP contribution in [0.15, 0.2) is 24.3 Å². The average molecular weight is 278 g/mol. The van der Waals surface area contributed by atoms with Gasteiger partial charge in [0.2, 0.25) is 5.91 Å². The zero-order chi connectivity index (χ0) is 14.8. The van der Waals surface area contributed by atoms with Crippen LogP contribution in [0.4, 0.5) is 4.39 Å². The zero-order valence-corrected chi connectivity index (χ0v) is 12.2. The van der Waals surface area contributed by atoms with Crippen molar-refractivity contribution in [2.24, 2.45) is 11.7 Å². The topological polar surface area (TPSA) is 55.1 Å². The molecule has 0 bridgehead atoms. The van der Waals surface area contributed by atoms with Crippen molar-refractivity contribution in [3.8, 4) is 0 Å². The Morgan fingerprint density at radius 3 is 2.80 bits per heavy atom. The number of halogens is 1. The van der Waals surface area contributed by atoms with E-state index in [2.05, 4.69) is 5.32 Å². The molecule has 0 aliphatic heterocycles. The molecule has 1 aromatic carbocycles. The Balaban J connectivity index is 2.05. The molecular formula is C16H23FN2O. The molecule has 3 N–H and O–H groups in total. The summed E-state index contributed by atoms with van der Waals surface area (Å²) < 4.78 is 13.3. The van der Waals surface area contributed by atoms with E-state index >= 15 is 0 Å². The molecule has 3 nitrogen and oxygen atoms in total. The molecule has 4 heteroatoms. The number of nitrogens with two attached hydrogens (primary N) is 1. The third kappa shape index (κ3) is 3.57. The highest BCUT2D eigenvalue weighted by atomic mass is 19.1. The van der Waals surface area contributed by atoms with Crippen molar-refractivity contribution in [2.75, 3.05) is 0 Å². The van der Waals surface area contributed by atoms with E-state index < -0.39 is 5.54 Å². The Morgan fingerprint density at radius 2 is 2.15 bits per heavy atom. The highest BCUT2D eigenvalue weighted by molar-refractivity contribution is 5.79. The van der Waals surface area contributed by atoms with Crippen molar-refractivity contribution < 1.29 is 9.18 Å². The van der Waals surface area contributed by atoms with Gasteiger partial charge >= 0.3 is 0 Å². The molecule has 1 saturated carbocycles. The standard InChI is InChI=1S/C16H23FN2O/c1-16(2,12-6-4-7-13(17)10-12)19-15(20)11-5-3-8-14(18)9-11/h4,6-7,10-11,14H,3,5,8-9,18H2,1-2H3,(H,19,20)/t11-,14-/m1/s1. The second-order valence-corrected chi connectivity index (χ2v) is 6.25. The van der Waals surface area contributed by atoms with Gasteiger partial charge in [-0.15, -0.1) is 0 Å². The van der Waals surface area contributed by atoms with E-state index in [1.54, 1.807) is 6.07 Å². The number of carbonyl (C=O) groups is 1. The van der Waals surface area contributed by atoms with Gasteiger partial charge in [0.15, 0.2) is 0 Å². The maximum absolute atomic E-state index is 13.3. The summed E-state index contributed by atoms with van der Waals surface area (Å²) in [6, 6.07) is 6.48. The normalized spacial score (nSPS) is 23.4. The Hall–Kier alpha value is -1.42. The summed E-state index contributed by atoms with van der Waals surface area (Å²) in [6.45, 7) is 3.78. The summed E-state index contributed by atoms with van der Waals surface area (Å²) in [5, 5.41) is 3.03. The first kappa shape index (κ1) is 15.0. The second kappa shape index (κ2) is 5.92. The van der Waals surface area contributed by atoms with Crippen molar-refractivity contribution in [3.63, 3.8) is 0 Å². The molecule has 0 spiro atoms. The lowest BCUT2D eigenvalue weighted by Crippen LogP contribution is -2.46. The van der Waals surface area contributed by atoms with Crippen molar-refractivity contribution in [2.45, 2.75) is 51.1 Å². The molecule has 0 saturated heterocycles. The summed E-state index contributed by atoms with van der Waals surface area (Å²) in [7, 11) is 0. The maximum atomic E-state index is 13.3. The minimum absolute atomic E-state index is 0.0217. The molecule has 0 unspecified atom stereocenters. The molecule has 2 rings (SSSR count). The van der Waals surface area contributed by atoms with E-state index in [9.17, 15) is 9.18 Å². The van der Waals surface area contributed by atoms with Crippen LogP contribution >= 0.6 is 0 Å². The number of nitrogens with one attached hydrogen (secondary N) is 1. The SMILES string of the molecule is CC(C)(NC(=O)[C@@H]1CCC[C@@H](N)C1)c1cccc(F)c1. The first-order valence-corrected chi connectivity index (χ1v) is 7.22. The van der Waals surface area contributed by atoms with Gasteiger partial charge in [-0.05, 0) is 50.8 Å². The summed E-state index contributed by atoms with van der Waals surface area (Å²) in [4.78, 5) is 12.4. The molecule has 20 heavy (non-hydrogen) atoms. The van der Waals surface area contributed by atoms with Gasteiger partial charge in [0, 0.05) is 12.0 Å². The Morgan fingerprint density at radius 1 is 1.40 bits per heavy atom. The van der Waals surface area contributed by atoms with Gasteiger partial charge in [-0.2, -0.15) is 0 Å². The third-order valence-electron chi connectivity index (χ3n) is 4.07. The molecule has 1 amide bonds. The fourth-order valence-corrected chi connectivity index (χ4v) is 2.83. The number of hydrogen-bond donors (Lipinski definition) is 2. The van der Waals surface area contributed by atoms with Crippen LogP contribution < -0.4 is 11.1 Å². The van der Waals surface area contributed by atoms with Crippen molar-refractivity contribution in [1.29, 1.82) is 0 Å². The summed E-state index contributed by atoms with van der Waals surface area (Å²) in [5.74, 6) is -0.287. The molecule has 1 aliphatic rings. The smallest absolute Gasteiger partial charge is 0.223 e. The van der Waals surface area contributed by atoms with Gasteiger partial charge in [0.05, 0.1) is 5.54 Å². The first-order valence-electron chi connectivity index (χ1n) is 7.22. The fraction of sp³-hybridized carbons (Fsp3) is 0.562. The Kier molecular flexibility index (Phi) is 4.43. The van der Waals surface area contributed by atoms with Gasteiger partial charge in [-0.3, -0.25) is 4.79 Å². The van der Waals surface area contributed by atoms with Crippen LogP contribution in [0, 0.1) is 11.7 Å². The molecule has 2 atom stereocenters. The largest absolute Gasteiger partial charge is 0.347 e. The lowest BCUT2D eigenvalue weighted by atomic mass is 9.84. The number of hydrogen-bond acceptors (Lipinski definition) is 2. The Labute approximate surface area is 119 Å². The van der Waals surface area contributed by atoms with Crippen LogP contribution in [0.25, 0.3) is 0 Å². The van der Waals surface area contributed by atoms with E-state index in [4.69, 9.17) is 5.73 Å². The minimum Gasteiger partial charge on any atom is -0.347 e. The molecular weight excluding hydrogens is 255 g/mol. The molecule has 1 aliphatic carbocycles. The van der Waals surface area contributed by atoms with Gasteiger partial charge in [0.1, 0.15) is 5.82 Å². The summed E-state index contributed by atoms with van der Waals surface area (Å²) >= 11 is 0. The number of benzene rings is 1. The summed E-state index contributed by atoms with van der Waals surface area (Å²) in [6.07, 6.45) is 3.63. The van der Waals surface area contributed by atoms with Gasteiger partial charge in [0.25, 0.3) is 0 Å². The van der Waals surface area contributed by atoms with Crippen molar-refractivity contribution in [3.05, 3.63) is 35.6 Å². The van der Waals surface area contributed by atoms with E-state index in [1.807, 2.05) is 19.9 Å². The van der Waals surface area contributed by atoms with E-state index in [0.29, 0.717) is 0 Å². The number of carbonyl (C=O) groups excluding carboxylic acids is 1. The molecule has 0 radical (unpaired) electrons. The molecule has 0 heterocycles. The van der Waals surface area contributed by atoms with Gasteiger partial charge < -0.3 is 11.1 Å². The third-order valence-corrected chi connectivity index (χ3v) is 4.07. The monoisotopic (exact) mass is 278 g/mol. The lowest BCUT2D eigenvalue weighted by molar-refractivity contribution is -0.127. The van der Waals surface area contributed by atoms with E-state index in [0.717, 1.165) is 31.2 Å². The molecule has 110 valence electrons. The fourth-order valence-electron chi connectivity index (χ4n) is 2.83. The van der Waals surface area contributed by atoms with Crippen LogP contribution in [-0.4, -0.2) is 11.9 Å². The van der Waals surface area contributed by atoms with E-state index in [-0.39, 0.29) is 23.7 Å².